The first-order valence-electron chi connectivity index (χ1n) is 8.34. The summed E-state index contributed by atoms with van der Waals surface area (Å²) in [5.74, 6) is -3.57. The molecule has 12 heteroatoms. The lowest BCUT2D eigenvalue weighted by molar-refractivity contribution is -0.166. The molecule has 3 aromatic heterocycles. The normalized spacial score (nSPS) is 16.3. The molecule has 0 aromatic carbocycles. The van der Waals surface area contributed by atoms with E-state index in [1.54, 1.807) is 0 Å². The average molecular weight is 432 g/mol. The van der Waals surface area contributed by atoms with E-state index in [2.05, 4.69) is 4.98 Å². The molecule has 1 saturated heterocycles. The van der Waals surface area contributed by atoms with Crippen molar-refractivity contribution in [1.82, 2.24) is 19.0 Å². The summed E-state index contributed by atoms with van der Waals surface area (Å²) in [5.41, 5.74) is 0.235. The third-order valence-electron chi connectivity index (χ3n) is 4.63. The molecule has 4 rings (SSSR count). The molecule has 154 valence electrons. The largest absolute Gasteiger partial charge is 0.425 e. The van der Waals surface area contributed by atoms with E-state index in [0.717, 1.165) is 15.5 Å². The molecule has 6 nitrogen and oxygen atoms in total. The van der Waals surface area contributed by atoms with Gasteiger partial charge in [-0.1, -0.05) is 0 Å². The summed E-state index contributed by atoms with van der Waals surface area (Å²) in [6.45, 7) is -1.87. The van der Waals surface area contributed by atoms with Crippen LogP contribution in [0.3, 0.4) is 0 Å². The molecule has 1 fully saturated rings. The maximum Gasteiger partial charge on any atom is 0.425 e. The van der Waals surface area contributed by atoms with Crippen molar-refractivity contribution in [3.8, 4) is 10.4 Å². The number of rotatable bonds is 3. The minimum atomic E-state index is -4.47. The first-order valence-corrected chi connectivity index (χ1v) is 9.16. The standard InChI is InChI=1S/C17H13F5N4O2S/c1-24-14-10(26(15(24)28)6-13(27)25-7-16(18,19)8-25)4-9(5-23-14)11-2-3-12(29-11)17(20,21)22/h2-5H,6-8H2,1H3. The Hall–Kier alpha value is -2.76. The van der Waals surface area contributed by atoms with Gasteiger partial charge in [0.25, 0.3) is 5.92 Å². The van der Waals surface area contributed by atoms with Gasteiger partial charge in [0.2, 0.25) is 5.91 Å². The first-order chi connectivity index (χ1) is 13.5. The molecule has 3 aromatic rings. The molecule has 0 aliphatic carbocycles. The Bertz CT molecular complexity index is 1170. The molecule has 0 saturated carbocycles. The molecule has 0 atom stereocenters. The highest BCUT2D eigenvalue weighted by Gasteiger charge is 2.46. The van der Waals surface area contributed by atoms with Gasteiger partial charge in [-0.25, -0.2) is 18.6 Å². The van der Waals surface area contributed by atoms with Crippen molar-refractivity contribution in [2.24, 2.45) is 7.05 Å². The van der Waals surface area contributed by atoms with E-state index in [0.29, 0.717) is 21.8 Å². The van der Waals surface area contributed by atoms with Gasteiger partial charge in [-0.2, -0.15) is 13.2 Å². The number of carbonyl (C=O) groups is 1. The van der Waals surface area contributed by atoms with Crippen LogP contribution in [0.5, 0.6) is 0 Å². The Morgan fingerprint density at radius 1 is 1.28 bits per heavy atom. The number of thiophene rings is 1. The van der Waals surface area contributed by atoms with E-state index in [1.807, 2.05) is 0 Å². The first kappa shape index (κ1) is 19.6. The SMILES string of the molecule is Cn1c(=O)n(CC(=O)N2CC(F)(F)C2)c2cc(-c3ccc(C(F)(F)F)s3)cnc21. The maximum atomic E-state index is 13.0. The molecular weight excluding hydrogens is 419 g/mol. The lowest BCUT2D eigenvalue weighted by Gasteiger charge is -2.38. The zero-order valence-electron chi connectivity index (χ0n) is 14.8. The van der Waals surface area contributed by atoms with Gasteiger partial charge in [-0.05, 0) is 18.2 Å². The van der Waals surface area contributed by atoms with Crippen LogP contribution in [0.25, 0.3) is 21.6 Å². The van der Waals surface area contributed by atoms with Gasteiger partial charge < -0.3 is 4.90 Å². The summed E-state index contributed by atoms with van der Waals surface area (Å²) in [5, 5.41) is 0. The Morgan fingerprint density at radius 3 is 2.55 bits per heavy atom. The number of aromatic nitrogens is 3. The second-order valence-corrected chi connectivity index (χ2v) is 7.85. The number of imidazole rings is 1. The van der Waals surface area contributed by atoms with Crippen LogP contribution in [0.4, 0.5) is 22.0 Å². The molecule has 29 heavy (non-hydrogen) atoms. The second-order valence-electron chi connectivity index (χ2n) is 6.76. The lowest BCUT2D eigenvalue weighted by atomic mass is 10.1. The minimum Gasteiger partial charge on any atom is -0.329 e. The van der Waals surface area contributed by atoms with Crippen LogP contribution in [0.1, 0.15) is 4.88 Å². The van der Waals surface area contributed by atoms with E-state index in [9.17, 15) is 31.5 Å². The highest BCUT2D eigenvalue weighted by Crippen LogP contribution is 2.38. The van der Waals surface area contributed by atoms with E-state index in [4.69, 9.17) is 0 Å². The van der Waals surface area contributed by atoms with Gasteiger partial charge in [0.1, 0.15) is 11.4 Å². The molecule has 0 N–H and O–H groups in total. The number of nitrogens with zero attached hydrogens (tertiary/aromatic N) is 4. The Balaban J connectivity index is 1.71. The summed E-state index contributed by atoms with van der Waals surface area (Å²) in [4.78, 5) is 29.3. The van der Waals surface area contributed by atoms with E-state index >= 15 is 0 Å². The second kappa shape index (κ2) is 6.37. The predicted molar refractivity (Wildman–Crippen MR) is 94.8 cm³/mol. The molecular formula is C17H13F5N4O2S. The smallest absolute Gasteiger partial charge is 0.329 e. The van der Waals surface area contributed by atoms with Gasteiger partial charge in [0, 0.05) is 23.7 Å². The van der Waals surface area contributed by atoms with Crippen molar-refractivity contribution < 1.29 is 26.7 Å². The van der Waals surface area contributed by atoms with Crippen molar-refractivity contribution in [3.05, 3.63) is 39.8 Å². The molecule has 0 spiro atoms. The highest BCUT2D eigenvalue weighted by atomic mass is 32.1. The number of alkyl halides is 5. The van der Waals surface area contributed by atoms with Gasteiger partial charge in [-0.15, -0.1) is 11.3 Å². The van der Waals surface area contributed by atoms with Crippen LogP contribution in [-0.4, -0.2) is 43.9 Å². The van der Waals surface area contributed by atoms with Crippen LogP contribution in [0.2, 0.25) is 0 Å². The summed E-state index contributed by atoms with van der Waals surface area (Å²) in [6, 6.07) is 3.72. The molecule has 1 aliphatic rings. The number of hydrogen-bond donors (Lipinski definition) is 0. The third-order valence-corrected chi connectivity index (χ3v) is 5.81. The number of halogens is 5. The van der Waals surface area contributed by atoms with Crippen LogP contribution >= 0.6 is 11.3 Å². The fourth-order valence-corrected chi connectivity index (χ4v) is 3.99. The minimum absolute atomic E-state index is 0.230. The maximum absolute atomic E-state index is 13.0. The van der Waals surface area contributed by atoms with Crippen molar-refractivity contribution in [2.75, 3.05) is 13.1 Å². The molecule has 0 unspecified atom stereocenters. The topological polar surface area (TPSA) is 60.1 Å². The molecule has 1 amide bonds. The molecule has 0 bridgehead atoms. The number of fused-ring (bicyclic) bond motifs is 1. The fourth-order valence-electron chi connectivity index (χ4n) is 3.13. The third kappa shape index (κ3) is 3.41. The zero-order chi connectivity index (χ0) is 21.1. The molecule has 4 heterocycles. The van der Waals surface area contributed by atoms with Crippen LogP contribution in [-0.2, 0) is 24.6 Å². The van der Waals surface area contributed by atoms with Gasteiger partial charge in [0.15, 0.2) is 5.65 Å². The number of carbonyl (C=O) groups excluding carboxylic acids is 1. The number of aryl methyl sites for hydroxylation is 1. The Labute approximate surface area is 163 Å². The number of pyridine rings is 1. The average Bonchev–Trinajstić information content (AvgIpc) is 3.20. The van der Waals surface area contributed by atoms with Crippen molar-refractivity contribution >= 4 is 28.4 Å². The van der Waals surface area contributed by atoms with Crippen LogP contribution in [0.15, 0.2) is 29.2 Å². The van der Waals surface area contributed by atoms with Crippen molar-refractivity contribution in [2.45, 2.75) is 18.6 Å². The summed E-state index contributed by atoms with van der Waals surface area (Å²) >= 11 is 0.532. The van der Waals surface area contributed by atoms with Gasteiger partial charge >= 0.3 is 11.9 Å². The van der Waals surface area contributed by atoms with E-state index in [1.165, 1.54) is 29.9 Å². The van der Waals surface area contributed by atoms with Gasteiger partial charge in [0.05, 0.1) is 18.6 Å². The molecule has 1 aliphatic heterocycles. The Kier molecular flexibility index (Phi) is 4.30. The monoisotopic (exact) mass is 432 g/mol. The van der Waals surface area contributed by atoms with Crippen LogP contribution < -0.4 is 5.69 Å². The number of likely N-dealkylation sites (tertiary alicyclic amines) is 1. The molecule has 0 radical (unpaired) electrons. The van der Waals surface area contributed by atoms with Crippen LogP contribution in [0, 0.1) is 0 Å². The quantitative estimate of drug-likeness (QED) is 0.598. The van der Waals surface area contributed by atoms with E-state index in [-0.39, 0.29) is 11.2 Å². The fraction of sp³-hybridized carbons (Fsp3) is 0.353. The summed E-state index contributed by atoms with van der Waals surface area (Å²) < 4.78 is 66.8. The number of amides is 1. The van der Waals surface area contributed by atoms with Gasteiger partial charge in [-0.3, -0.25) is 13.9 Å². The highest BCUT2D eigenvalue weighted by molar-refractivity contribution is 7.15. The zero-order valence-corrected chi connectivity index (χ0v) is 15.7. The number of hydrogen-bond acceptors (Lipinski definition) is 4. The summed E-state index contributed by atoms with van der Waals surface area (Å²) in [7, 11) is 1.43. The summed E-state index contributed by atoms with van der Waals surface area (Å²) in [6.07, 6.45) is -3.13. The Morgan fingerprint density at radius 2 is 1.97 bits per heavy atom. The van der Waals surface area contributed by atoms with Crippen molar-refractivity contribution in [1.29, 1.82) is 0 Å². The van der Waals surface area contributed by atoms with Crippen molar-refractivity contribution in [3.63, 3.8) is 0 Å². The lowest BCUT2D eigenvalue weighted by Crippen LogP contribution is -2.59. The van der Waals surface area contributed by atoms with E-state index < -0.39 is 48.2 Å². The predicted octanol–water partition coefficient (Wildman–Crippen LogP) is 2.96.